The predicted molar refractivity (Wildman–Crippen MR) is 96.7 cm³/mol. The summed E-state index contributed by atoms with van der Waals surface area (Å²) >= 11 is 12.5. The third-order valence-electron chi connectivity index (χ3n) is 3.83. The number of nitrogens with zero attached hydrogens (tertiary/aromatic N) is 7. The lowest BCUT2D eigenvalue weighted by atomic mass is 10.2. The van der Waals surface area contributed by atoms with E-state index in [4.69, 9.17) is 23.2 Å². The van der Waals surface area contributed by atoms with Gasteiger partial charge in [-0.1, -0.05) is 23.2 Å². The van der Waals surface area contributed by atoms with Gasteiger partial charge in [0.25, 0.3) is 0 Å². The lowest BCUT2D eigenvalue weighted by molar-refractivity contribution is 0.803. The highest BCUT2D eigenvalue weighted by molar-refractivity contribution is 6.33. The summed E-state index contributed by atoms with van der Waals surface area (Å²) in [6.45, 7) is 2.29. The maximum atomic E-state index is 6.36. The normalized spacial score (nSPS) is 11.0. The summed E-state index contributed by atoms with van der Waals surface area (Å²) in [5, 5.41) is 15.5. The number of benzene rings is 1. The SMILES string of the molecule is Cc1nc(-c2cnccn2)n(Cc2cc(Cl)ccc2Cl)c1-c1nn[nH]n1. The monoisotopic (exact) mass is 386 g/mol. The van der Waals surface area contributed by atoms with Crippen LogP contribution in [-0.4, -0.2) is 40.1 Å². The van der Waals surface area contributed by atoms with Crippen molar-refractivity contribution >= 4 is 23.2 Å². The zero-order valence-electron chi connectivity index (χ0n) is 13.6. The Morgan fingerprint density at radius 1 is 1.19 bits per heavy atom. The average molecular weight is 387 g/mol. The number of aromatic nitrogens is 8. The van der Waals surface area contributed by atoms with Crippen LogP contribution >= 0.6 is 23.2 Å². The van der Waals surface area contributed by atoms with Crippen LogP contribution in [0.2, 0.25) is 10.0 Å². The van der Waals surface area contributed by atoms with E-state index in [0.29, 0.717) is 33.9 Å². The lowest BCUT2D eigenvalue weighted by Gasteiger charge is -2.12. The summed E-state index contributed by atoms with van der Waals surface area (Å²) in [6, 6.07) is 5.33. The molecule has 0 aliphatic heterocycles. The summed E-state index contributed by atoms with van der Waals surface area (Å²) in [6.07, 6.45) is 4.87. The number of hydrogen-bond donors (Lipinski definition) is 1. The van der Waals surface area contributed by atoms with Crippen LogP contribution in [0.1, 0.15) is 11.3 Å². The maximum absolute atomic E-state index is 6.36. The van der Waals surface area contributed by atoms with Crippen LogP contribution in [0.25, 0.3) is 23.0 Å². The second-order valence-electron chi connectivity index (χ2n) is 5.52. The molecule has 3 aromatic heterocycles. The van der Waals surface area contributed by atoms with Crippen molar-refractivity contribution in [3.8, 4) is 23.0 Å². The molecule has 0 aliphatic carbocycles. The van der Waals surface area contributed by atoms with Crippen molar-refractivity contribution in [3.05, 3.63) is 58.1 Å². The van der Waals surface area contributed by atoms with Gasteiger partial charge in [0.2, 0.25) is 5.82 Å². The van der Waals surface area contributed by atoms with E-state index in [2.05, 4.69) is 35.6 Å². The Bertz CT molecular complexity index is 1040. The molecule has 26 heavy (non-hydrogen) atoms. The van der Waals surface area contributed by atoms with Crippen molar-refractivity contribution in [1.29, 1.82) is 0 Å². The number of nitrogens with one attached hydrogen (secondary N) is 1. The molecule has 10 heteroatoms. The zero-order chi connectivity index (χ0) is 18.1. The molecule has 1 aromatic carbocycles. The molecule has 0 radical (unpaired) electrons. The van der Waals surface area contributed by atoms with E-state index >= 15 is 0 Å². The summed E-state index contributed by atoms with van der Waals surface area (Å²) in [7, 11) is 0. The first-order valence-electron chi connectivity index (χ1n) is 7.64. The number of tetrazole rings is 1. The molecule has 0 aliphatic rings. The maximum Gasteiger partial charge on any atom is 0.222 e. The Hall–Kier alpha value is -2.84. The minimum atomic E-state index is 0.413. The Kier molecular flexibility index (Phi) is 4.36. The summed E-state index contributed by atoms with van der Waals surface area (Å²) in [5.74, 6) is 1.06. The van der Waals surface area contributed by atoms with Gasteiger partial charge in [-0.2, -0.15) is 5.21 Å². The molecule has 0 unspecified atom stereocenters. The van der Waals surface area contributed by atoms with Crippen molar-refractivity contribution in [2.45, 2.75) is 13.5 Å². The Morgan fingerprint density at radius 3 is 2.81 bits per heavy atom. The second kappa shape index (κ2) is 6.81. The number of imidazole rings is 1. The predicted octanol–water partition coefficient (Wildman–Crippen LogP) is 3.18. The molecule has 3 heterocycles. The van der Waals surface area contributed by atoms with E-state index in [1.165, 1.54) is 0 Å². The van der Waals surface area contributed by atoms with Crippen molar-refractivity contribution in [1.82, 2.24) is 40.1 Å². The molecular formula is C16H12Cl2N8. The van der Waals surface area contributed by atoms with Crippen molar-refractivity contribution < 1.29 is 0 Å². The molecule has 4 aromatic rings. The molecular weight excluding hydrogens is 375 g/mol. The van der Waals surface area contributed by atoms with Crippen molar-refractivity contribution in [2.75, 3.05) is 0 Å². The zero-order valence-corrected chi connectivity index (χ0v) is 15.1. The van der Waals surface area contributed by atoms with E-state index in [0.717, 1.165) is 17.0 Å². The Labute approximate surface area is 158 Å². The fourth-order valence-corrected chi connectivity index (χ4v) is 3.09. The van der Waals surface area contributed by atoms with Gasteiger partial charge in [0, 0.05) is 22.4 Å². The summed E-state index contributed by atoms with van der Waals surface area (Å²) in [5.41, 5.74) is 2.93. The molecule has 1 N–H and O–H groups in total. The highest BCUT2D eigenvalue weighted by Gasteiger charge is 2.22. The van der Waals surface area contributed by atoms with Gasteiger partial charge in [-0.15, -0.1) is 10.2 Å². The van der Waals surface area contributed by atoms with Crippen molar-refractivity contribution in [3.63, 3.8) is 0 Å². The molecule has 0 spiro atoms. The smallest absolute Gasteiger partial charge is 0.222 e. The quantitative estimate of drug-likeness (QED) is 0.578. The van der Waals surface area contributed by atoms with Crippen LogP contribution in [0.4, 0.5) is 0 Å². The van der Waals surface area contributed by atoms with Gasteiger partial charge in [0.05, 0.1) is 18.4 Å². The van der Waals surface area contributed by atoms with Gasteiger partial charge in [-0.3, -0.25) is 4.98 Å². The van der Waals surface area contributed by atoms with Gasteiger partial charge in [-0.05, 0) is 35.9 Å². The molecule has 0 fully saturated rings. The van der Waals surface area contributed by atoms with Crippen molar-refractivity contribution in [2.24, 2.45) is 0 Å². The first-order valence-corrected chi connectivity index (χ1v) is 8.40. The second-order valence-corrected chi connectivity index (χ2v) is 6.36. The number of halogens is 2. The minimum Gasteiger partial charge on any atom is -0.315 e. The average Bonchev–Trinajstić information content (AvgIpc) is 3.27. The van der Waals surface area contributed by atoms with Crippen LogP contribution in [0.5, 0.6) is 0 Å². The minimum absolute atomic E-state index is 0.413. The van der Waals surface area contributed by atoms with E-state index < -0.39 is 0 Å². The van der Waals surface area contributed by atoms with E-state index in [1.807, 2.05) is 17.6 Å². The number of aryl methyl sites for hydroxylation is 1. The lowest BCUT2D eigenvalue weighted by Crippen LogP contribution is -2.06. The fraction of sp³-hybridized carbons (Fsp3) is 0.125. The van der Waals surface area contributed by atoms with Gasteiger partial charge in [0.15, 0.2) is 5.82 Å². The van der Waals surface area contributed by atoms with E-state index in [9.17, 15) is 0 Å². The van der Waals surface area contributed by atoms with E-state index in [-0.39, 0.29) is 0 Å². The number of H-pyrrole nitrogens is 1. The Morgan fingerprint density at radius 2 is 2.08 bits per heavy atom. The van der Waals surface area contributed by atoms with Crippen LogP contribution in [0.3, 0.4) is 0 Å². The van der Waals surface area contributed by atoms with Gasteiger partial charge < -0.3 is 4.57 Å². The van der Waals surface area contributed by atoms with E-state index in [1.54, 1.807) is 30.7 Å². The third kappa shape index (κ3) is 3.04. The molecule has 8 nitrogen and oxygen atoms in total. The molecule has 0 atom stereocenters. The molecule has 130 valence electrons. The van der Waals surface area contributed by atoms with Crippen LogP contribution < -0.4 is 0 Å². The van der Waals surface area contributed by atoms with Gasteiger partial charge in [-0.25, -0.2) is 9.97 Å². The highest BCUT2D eigenvalue weighted by atomic mass is 35.5. The standard InChI is InChI=1S/C16H12Cl2N8/c1-9-14(15-22-24-25-23-15)26(8-10-6-11(17)2-3-12(10)18)16(21-9)13-7-19-4-5-20-13/h2-7H,8H2,1H3,(H,22,23,24,25). The molecule has 4 rings (SSSR count). The Balaban J connectivity index is 1.91. The largest absolute Gasteiger partial charge is 0.315 e. The summed E-state index contributed by atoms with van der Waals surface area (Å²) in [4.78, 5) is 13.1. The molecule has 0 saturated carbocycles. The number of hydrogen-bond acceptors (Lipinski definition) is 6. The fourth-order valence-electron chi connectivity index (χ4n) is 2.72. The molecule has 0 bridgehead atoms. The van der Waals surface area contributed by atoms with Gasteiger partial charge in [0.1, 0.15) is 11.4 Å². The third-order valence-corrected chi connectivity index (χ3v) is 4.43. The highest BCUT2D eigenvalue weighted by Crippen LogP contribution is 2.29. The van der Waals surface area contributed by atoms with Crippen LogP contribution in [-0.2, 0) is 6.54 Å². The number of rotatable bonds is 4. The van der Waals surface area contributed by atoms with Crippen LogP contribution in [0, 0.1) is 6.92 Å². The summed E-state index contributed by atoms with van der Waals surface area (Å²) < 4.78 is 1.93. The number of aromatic amines is 1. The van der Waals surface area contributed by atoms with Crippen LogP contribution in [0.15, 0.2) is 36.8 Å². The van der Waals surface area contributed by atoms with Gasteiger partial charge >= 0.3 is 0 Å². The first kappa shape index (κ1) is 16.6. The molecule has 0 amide bonds. The topological polar surface area (TPSA) is 98.1 Å². The molecule has 0 saturated heterocycles. The first-order chi connectivity index (χ1) is 12.6.